The highest BCUT2D eigenvalue weighted by Gasteiger charge is 2.14. The zero-order valence-electron chi connectivity index (χ0n) is 17.0. The van der Waals surface area contributed by atoms with Crippen molar-refractivity contribution < 1.29 is 4.79 Å². The van der Waals surface area contributed by atoms with Gasteiger partial charge in [0, 0.05) is 42.6 Å². The van der Waals surface area contributed by atoms with Gasteiger partial charge in [-0.25, -0.2) is 9.67 Å². The number of nitrogens with zero attached hydrogens (tertiary/aromatic N) is 4. The largest absolute Gasteiger partial charge is 0.355 e. The molecule has 1 amide bonds. The van der Waals surface area contributed by atoms with Gasteiger partial charge in [0.1, 0.15) is 0 Å². The number of benzene rings is 1. The highest BCUT2D eigenvalue weighted by atomic mass is 16.1. The number of fused-ring (bicyclic) bond motifs is 1. The molecule has 0 radical (unpaired) electrons. The number of amides is 1. The van der Waals surface area contributed by atoms with Crippen molar-refractivity contribution in [2.75, 3.05) is 6.54 Å². The maximum Gasteiger partial charge on any atom is 0.224 e. The number of carbonyl (C=O) groups is 1. The first kappa shape index (κ1) is 18.9. The normalized spacial score (nSPS) is 11.1. The van der Waals surface area contributed by atoms with Gasteiger partial charge in [-0.1, -0.05) is 24.3 Å². The van der Waals surface area contributed by atoms with Crippen molar-refractivity contribution in [2.45, 2.75) is 26.7 Å². The summed E-state index contributed by atoms with van der Waals surface area (Å²) in [6.07, 6.45) is 4.92. The zero-order valence-corrected chi connectivity index (χ0v) is 17.0. The Morgan fingerprint density at radius 2 is 1.90 bits per heavy atom. The Bertz CT molecular complexity index is 1160. The molecule has 0 bridgehead atoms. The Morgan fingerprint density at radius 1 is 1.10 bits per heavy atom. The monoisotopic (exact) mass is 387 g/mol. The quantitative estimate of drug-likeness (QED) is 0.552. The first-order valence-electron chi connectivity index (χ1n) is 9.80. The van der Waals surface area contributed by atoms with E-state index in [1.165, 1.54) is 0 Å². The number of hydrogen-bond acceptors (Lipinski definition) is 3. The van der Waals surface area contributed by atoms with Crippen LogP contribution in [-0.4, -0.2) is 31.8 Å². The van der Waals surface area contributed by atoms with Crippen LogP contribution in [0.15, 0.2) is 54.9 Å². The molecule has 3 heterocycles. The maximum absolute atomic E-state index is 12.5. The van der Waals surface area contributed by atoms with E-state index in [-0.39, 0.29) is 5.91 Å². The van der Waals surface area contributed by atoms with Gasteiger partial charge in [-0.2, -0.15) is 5.10 Å². The SMILES string of the molecule is Cc1nn(-c2ccccn2)c(C)c1CCNC(=O)Cc1cn(C)c2ccccc12. The lowest BCUT2D eigenvalue weighted by Gasteiger charge is -2.06. The van der Waals surface area contributed by atoms with Crippen molar-refractivity contribution in [1.29, 1.82) is 0 Å². The smallest absolute Gasteiger partial charge is 0.224 e. The number of pyridine rings is 1. The molecule has 0 unspecified atom stereocenters. The summed E-state index contributed by atoms with van der Waals surface area (Å²) in [4.78, 5) is 16.9. The van der Waals surface area contributed by atoms with Crippen LogP contribution >= 0.6 is 0 Å². The predicted octanol–water partition coefficient (Wildman–Crippen LogP) is 3.28. The van der Waals surface area contributed by atoms with Crippen molar-refractivity contribution >= 4 is 16.8 Å². The van der Waals surface area contributed by atoms with E-state index in [1.54, 1.807) is 6.20 Å². The molecule has 3 aromatic heterocycles. The average Bonchev–Trinajstić information content (AvgIpc) is 3.20. The second kappa shape index (κ2) is 7.91. The Labute approximate surface area is 170 Å². The lowest BCUT2D eigenvalue weighted by atomic mass is 10.1. The highest BCUT2D eigenvalue weighted by molar-refractivity contribution is 5.89. The Balaban J connectivity index is 1.40. The van der Waals surface area contributed by atoms with Gasteiger partial charge in [-0.15, -0.1) is 0 Å². The van der Waals surface area contributed by atoms with Crippen LogP contribution in [0, 0.1) is 13.8 Å². The van der Waals surface area contributed by atoms with Gasteiger partial charge in [0.15, 0.2) is 5.82 Å². The number of rotatable bonds is 6. The number of hydrogen-bond donors (Lipinski definition) is 1. The van der Waals surface area contributed by atoms with Crippen LogP contribution in [0.1, 0.15) is 22.5 Å². The van der Waals surface area contributed by atoms with Crippen LogP contribution in [0.4, 0.5) is 0 Å². The molecule has 148 valence electrons. The molecule has 0 atom stereocenters. The third kappa shape index (κ3) is 3.78. The van der Waals surface area contributed by atoms with Crippen LogP contribution < -0.4 is 5.32 Å². The number of para-hydroxylation sites is 1. The Hall–Kier alpha value is -3.41. The zero-order chi connectivity index (χ0) is 20.4. The van der Waals surface area contributed by atoms with Crippen molar-refractivity contribution in [3.63, 3.8) is 0 Å². The molecule has 0 fully saturated rings. The number of aryl methyl sites for hydroxylation is 2. The second-order valence-corrected chi connectivity index (χ2v) is 7.31. The van der Waals surface area contributed by atoms with Crippen LogP contribution in [0.5, 0.6) is 0 Å². The van der Waals surface area contributed by atoms with Crippen molar-refractivity contribution in [3.8, 4) is 5.82 Å². The molecular weight excluding hydrogens is 362 g/mol. The number of carbonyl (C=O) groups excluding carboxylic acids is 1. The Morgan fingerprint density at radius 3 is 2.69 bits per heavy atom. The molecule has 4 rings (SSSR count). The maximum atomic E-state index is 12.5. The van der Waals surface area contributed by atoms with Gasteiger partial charge in [0.2, 0.25) is 5.91 Å². The van der Waals surface area contributed by atoms with E-state index in [4.69, 9.17) is 0 Å². The first-order valence-corrected chi connectivity index (χ1v) is 9.80. The molecule has 0 saturated heterocycles. The summed E-state index contributed by atoms with van der Waals surface area (Å²) >= 11 is 0. The van der Waals surface area contributed by atoms with E-state index in [0.29, 0.717) is 13.0 Å². The fraction of sp³-hybridized carbons (Fsp3) is 0.261. The minimum atomic E-state index is 0.0359. The second-order valence-electron chi connectivity index (χ2n) is 7.31. The third-order valence-corrected chi connectivity index (χ3v) is 5.34. The van der Waals surface area contributed by atoms with Gasteiger partial charge in [0.25, 0.3) is 0 Å². The molecule has 0 spiro atoms. The van der Waals surface area contributed by atoms with E-state index < -0.39 is 0 Å². The first-order chi connectivity index (χ1) is 14.0. The molecule has 0 aliphatic rings. The van der Waals surface area contributed by atoms with E-state index in [9.17, 15) is 4.79 Å². The van der Waals surface area contributed by atoms with Crippen molar-refractivity contribution in [2.24, 2.45) is 7.05 Å². The van der Waals surface area contributed by atoms with Crippen LogP contribution in [0.2, 0.25) is 0 Å². The average molecular weight is 387 g/mol. The summed E-state index contributed by atoms with van der Waals surface area (Å²) in [5.41, 5.74) is 5.38. The van der Waals surface area contributed by atoms with Gasteiger partial charge in [0.05, 0.1) is 12.1 Å². The summed E-state index contributed by atoms with van der Waals surface area (Å²) in [6, 6.07) is 13.9. The van der Waals surface area contributed by atoms with E-state index in [2.05, 4.69) is 32.1 Å². The summed E-state index contributed by atoms with van der Waals surface area (Å²) < 4.78 is 3.93. The van der Waals surface area contributed by atoms with Crippen molar-refractivity contribution in [3.05, 3.63) is 77.4 Å². The van der Waals surface area contributed by atoms with Gasteiger partial charge < -0.3 is 9.88 Å². The lowest BCUT2D eigenvalue weighted by Crippen LogP contribution is -2.27. The molecule has 6 nitrogen and oxygen atoms in total. The van der Waals surface area contributed by atoms with Crippen LogP contribution in [-0.2, 0) is 24.7 Å². The molecule has 0 aliphatic carbocycles. The standard InChI is InChI=1S/C23H25N5O/c1-16-19(17(2)28(26-16)22-10-6-7-12-24-22)11-13-25-23(29)14-18-15-27(3)21-9-5-4-8-20(18)21/h4-10,12,15H,11,13-14H2,1-3H3,(H,25,29). The number of nitrogens with one attached hydrogen (secondary N) is 1. The fourth-order valence-corrected chi connectivity index (χ4v) is 3.87. The summed E-state index contributed by atoms with van der Waals surface area (Å²) in [6.45, 7) is 4.63. The summed E-state index contributed by atoms with van der Waals surface area (Å²) in [7, 11) is 2.01. The van der Waals surface area contributed by atoms with Crippen molar-refractivity contribution in [1.82, 2.24) is 24.6 Å². The minimum Gasteiger partial charge on any atom is -0.355 e. The van der Waals surface area contributed by atoms with E-state index >= 15 is 0 Å². The van der Waals surface area contributed by atoms with Crippen LogP contribution in [0.25, 0.3) is 16.7 Å². The fourth-order valence-electron chi connectivity index (χ4n) is 3.87. The van der Waals surface area contributed by atoms with E-state index in [0.717, 1.165) is 45.7 Å². The van der Waals surface area contributed by atoms with Gasteiger partial charge in [-0.3, -0.25) is 4.79 Å². The molecule has 0 aliphatic heterocycles. The molecule has 1 N–H and O–H groups in total. The molecule has 6 heteroatoms. The highest BCUT2D eigenvalue weighted by Crippen LogP contribution is 2.21. The van der Waals surface area contributed by atoms with E-state index in [1.807, 2.05) is 62.1 Å². The Kier molecular flexibility index (Phi) is 5.16. The molecule has 29 heavy (non-hydrogen) atoms. The predicted molar refractivity (Wildman–Crippen MR) is 114 cm³/mol. The lowest BCUT2D eigenvalue weighted by molar-refractivity contribution is -0.120. The van der Waals surface area contributed by atoms with Gasteiger partial charge in [-0.05, 0) is 49.6 Å². The topological polar surface area (TPSA) is 64.7 Å². The molecule has 1 aromatic carbocycles. The summed E-state index contributed by atoms with van der Waals surface area (Å²) in [5.74, 6) is 0.841. The molecule has 0 saturated carbocycles. The molecular formula is C23H25N5O. The molecule has 4 aromatic rings. The van der Waals surface area contributed by atoms with Crippen LogP contribution in [0.3, 0.4) is 0 Å². The minimum absolute atomic E-state index is 0.0359. The van der Waals surface area contributed by atoms with Gasteiger partial charge >= 0.3 is 0 Å². The summed E-state index contributed by atoms with van der Waals surface area (Å²) in [5, 5.41) is 8.81. The third-order valence-electron chi connectivity index (χ3n) is 5.34. The number of aromatic nitrogens is 4.